The highest BCUT2D eigenvalue weighted by Gasteiger charge is 2.41. The summed E-state index contributed by atoms with van der Waals surface area (Å²) in [5, 5.41) is 10.1. The van der Waals surface area contributed by atoms with Crippen molar-refractivity contribution in [3.63, 3.8) is 0 Å². The number of urea groups is 1. The average Bonchev–Trinajstić information content (AvgIpc) is 2.69. The highest BCUT2D eigenvalue weighted by molar-refractivity contribution is 6.31. The molecule has 3 amide bonds. The molecule has 0 radical (unpaired) electrons. The summed E-state index contributed by atoms with van der Waals surface area (Å²) < 4.78 is 0. The number of likely N-dealkylation sites (tertiary alicyclic amines) is 1. The molecule has 7 heteroatoms. The Morgan fingerprint density at radius 2 is 1.86 bits per heavy atom. The third-order valence-electron chi connectivity index (χ3n) is 5.39. The molecule has 1 saturated heterocycles. The highest BCUT2D eigenvalue weighted by atomic mass is 35.5. The first-order valence-corrected chi connectivity index (χ1v) is 9.89. The fourth-order valence-electron chi connectivity index (χ4n) is 3.80. The summed E-state index contributed by atoms with van der Waals surface area (Å²) in [5.74, 6) is -0.105. The number of carbonyl (C=O) groups is 2. The standard InChI is InChI=1S/C21H23ClN4O2/c22-16-6-7-17-18(14-16)24-21(25-19(17)27)9-12-26(13-10-21)20(28)23-11-8-15-4-2-1-3-5-15/h1-7,14,24H,8-13H2,(H,23,28)(H,25,27). The maximum Gasteiger partial charge on any atom is 0.317 e. The number of piperidine rings is 1. The van der Waals surface area contributed by atoms with E-state index in [0.29, 0.717) is 43.1 Å². The van der Waals surface area contributed by atoms with Crippen molar-refractivity contribution in [3.8, 4) is 0 Å². The number of halogens is 1. The van der Waals surface area contributed by atoms with Crippen molar-refractivity contribution in [2.45, 2.75) is 24.9 Å². The summed E-state index contributed by atoms with van der Waals surface area (Å²) in [5.41, 5.74) is 2.01. The maximum atomic E-state index is 12.5. The number of nitrogens with one attached hydrogen (secondary N) is 3. The van der Waals surface area contributed by atoms with Crippen molar-refractivity contribution >= 4 is 29.2 Å². The first kappa shape index (κ1) is 18.6. The molecule has 2 aromatic rings. The first-order valence-electron chi connectivity index (χ1n) is 9.52. The van der Waals surface area contributed by atoms with Gasteiger partial charge in [-0.3, -0.25) is 4.79 Å². The summed E-state index contributed by atoms with van der Waals surface area (Å²) in [6, 6.07) is 15.2. The second kappa shape index (κ2) is 7.72. The van der Waals surface area contributed by atoms with E-state index in [1.807, 2.05) is 18.2 Å². The minimum absolute atomic E-state index is 0.0589. The van der Waals surface area contributed by atoms with Crippen LogP contribution >= 0.6 is 11.6 Å². The van der Waals surface area contributed by atoms with Crippen LogP contribution in [0, 0.1) is 0 Å². The molecule has 0 aromatic heterocycles. The number of amides is 3. The summed E-state index contributed by atoms with van der Waals surface area (Å²) in [6.45, 7) is 1.74. The second-order valence-electron chi connectivity index (χ2n) is 7.31. The Kier molecular flexibility index (Phi) is 5.13. The van der Waals surface area contributed by atoms with Gasteiger partial charge in [-0.15, -0.1) is 0 Å². The minimum atomic E-state index is -0.532. The van der Waals surface area contributed by atoms with Crippen LogP contribution in [0.2, 0.25) is 5.02 Å². The number of hydrogen-bond donors (Lipinski definition) is 3. The van der Waals surface area contributed by atoms with Crippen LogP contribution in [0.5, 0.6) is 0 Å². The van der Waals surface area contributed by atoms with Gasteiger partial charge in [0.2, 0.25) is 0 Å². The van der Waals surface area contributed by atoms with E-state index in [0.717, 1.165) is 12.1 Å². The quantitative estimate of drug-likeness (QED) is 0.743. The van der Waals surface area contributed by atoms with Crippen molar-refractivity contribution < 1.29 is 9.59 Å². The molecule has 0 unspecified atom stereocenters. The Morgan fingerprint density at radius 3 is 2.61 bits per heavy atom. The highest BCUT2D eigenvalue weighted by Crippen LogP contribution is 2.32. The molecule has 4 rings (SSSR count). The summed E-state index contributed by atoms with van der Waals surface area (Å²) in [6.07, 6.45) is 2.08. The Labute approximate surface area is 169 Å². The fraction of sp³-hybridized carbons (Fsp3) is 0.333. The molecule has 146 valence electrons. The zero-order valence-electron chi connectivity index (χ0n) is 15.5. The predicted molar refractivity (Wildman–Crippen MR) is 110 cm³/mol. The average molecular weight is 399 g/mol. The Bertz CT molecular complexity index is 879. The number of benzene rings is 2. The Balaban J connectivity index is 1.32. The lowest BCUT2D eigenvalue weighted by Crippen LogP contribution is -2.63. The smallest absolute Gasteiger partial charge is 0.317 e. The monoisotopic (exact) mass is 398 g/mol. The minimum Gasteiger partial charge on any atom is -0.362 e. The molecule has 2 aromatic carbocycles. The molecule has 0 bridgehead atoms. The number of anilines is 1. The zero-order valence-corrected chi connectivity index (χ0v) is 16.3. The number of rotatable bonds is 3. The SMILES string of the molecule is O=C1NC2(CCN(C(=O)NCCc3ccccc3)CC2)Nc2cc(Cl)ccc21. The van der Waals surface area contributed by atoms with Crippen LogP contribution in [0.25, 0.3) is 0 Å². The van der Waals surface area contributed by atoms with Crippen LogP contribution in [-0.4, -0.2) is 42.1 Å². The van der Waals surface area contributed by atoms with Crippen LogP contribution in [0.1, 0.15) is 28.8 Å². The van der Waals surface area contributed by atoms with E-state index in [-0.39, 0.29) is 11.9 Å². The fourth-order valence-corrected chi connectivity index (χ4v) is 3.98. The van der Waals surface area contributed by atoms with Gasteiger partial charge in [0.15, 0.2) is 0 Å². The van der Waals surface area contributed by atoms with Gasteiger partial charge < -0.3 is 20.9 Å². The second-order valence-corrected chi connectivity index (χ2v) is 7.74. The van der Waals surface area contributed by atoms with E-state index < -0.39 is 5.66 Å². The lowest BCUT2D eigenvalue weighted by Gasteiger charge is -2.45. The molecule has 3 N–H and O–H groups in total. The van der Waals surface area contributed by atoms with Gasteiger partial charge in [0.1, 0.15) is 5.66 Å². The lowest BCUT2D eigenvalue weighted by atomic mass is 9.92. The van der Waals surface area contributed by atoms with E-state index in [1.165, 1.54) is 5.56 Å². The summed E-state index contributed by atoms with van der Waals surface area (Å²) >= 11 is 6.08. The van der Waals surface area contributed by atoms with Crippen LogP contribution < -0.4 is 16.0 Å². The molecule has 0 atom stereocenters. The molecule has 0 saturated carbocycles. The van der Waals surface area contributed by atoms with Crippen molar-refractivity contribution in [2.75, 3.05) is 25.0 Å². The van der Waals surface area contributed by atoms with Crippen molar-refractivity contribution in [2.24, 2.45) is 0 Å². The zero-order chi connectivity index (χ0) is 19.6. The van der Waals surface area contributed by atoms with E-state index in [4.69, 9.17) is 11.6 Å². The molecule has 2 aliphatic heterocycles. The third-order valence-corrected chi connectivity index (χ3v) is 5.63. The summed E-state index contributed by atoms with van der Waals surface area (Å²) in [7, 11) is 0. The lowest BCUT2D eigenvalue weighted by molar-refractivity contribution is 0.0848. The van der Waals surface area contributed by atoms with Crippen molar-refractivity contribution in [1.29, 1.82) is 0 Å². The molecule has 1 spiro atoms. The molecular weight excluding hydrogens is 376 g/mol. The normalized spacial score (nSPS) is 17.5. The molecule has 0 aliphatic carbocycles. The van der Waals surface area contributed by atoms with Gasteiger partial charge in [-0.2, -0.15) is 0 Å². The molecule has 6 nitrogen and oxygen atoms in total. The van der Waals surface area contributed by atoms with Crippen LogP contribution in [0.3, 0.4) is 0 Å². The largest absolute Gasteiger partial charge is 0.362 e. The van der Waals surface area contributed by atoms with Crippen molar-refractivity contribution in [1.82, 2.24) is 15.5 Å². The number of nitrogens with zero attached hydrogens (tertiary/aromatic N) is 1. The van der Waals surface area contributed by atoms with E-state index >= 15 is 0 Å². The first-order chi connectivity index (χ1) is 13.5. The van der Waals surface area contributed by atoms with Gasteiger partial charge >= 0.3 is 6.03 Å². The van der Waals surface area contributed by atoms with E-state index in [2.05, 4.69) is 28.1 Å². The van der Waals surface area contributed by atoms with E-state index in [9.17, 15) is 9.59 Å². The van der Waals surface area contributed by atoms with Gasteiger partial charge in [0, 0.05) is 37.5 Å². The molecular formula is C21H23ClN4O2. The number of hydrogen-bond acceptors (Lipinski definition) is 3. The third kappa shape index (κ3) is 3.92. The van der Waals surface area contributed by atoms with Gasteiger partial charge in [0.05, 0.1) is 11.3 Å². The maximum absolute atomic E-state index is 12.5. The molecule has 2 heterocycles. The Morgan fingerprint density at radius 1 is 1.11 bits per heavy atom. The molecule has 2 aliphatic rings. The van der Waals surface area contributed by atoms with E-state index in [1.54, 1.807) is 23.1 Å². The van der Waals surface area contributed by atoms with Crippen LogP contribution in [-0.2, 0) is 6.42 Å². The van der Waals surface area contributed by atoms with Crippen LogP contribution in [0.15, 0.2) is 48.5 Å². The van der Waals surface area contributed by atoms with Gasteiger partial charge in [-0.25, -0.2) is 4.79 Å². The molecule has 1 fully saturated rings. The van der Waals surface area contributed by atoms with Gasteiger partial charge in [-0.1, -0.05) is 41.9 Å². The van der Waals surface area contributed by atoms with Gasteiger partial charge in [-0.05, 0) is 30.2 Å². The molecule has 28 heavy (non-hydrogen) atoms. The number of fused-ring (bicyclic) bond motifs is 1. The van der Waals surface area contributed by atoms with Crippen molar-refractivity contribution in [3.05, 3.63) is 64.7 Å². The number of carbonyl (C=O) groups excluding carboxylic acids is 2. The topological polar surface area (TPSA) is 73.5 Å². The predicted octanol–water partition coefficient (Wildman–Crippen LogP) is 3.24. The van der Waals surface area contributed by atoms with Gasteiger partial charge in [0.25, 0.3) is 5.91 Å². The Hall–Kier alpha value is -2.73. The van der Waals surface area contributed by atoms with Crippen LogP contribution in [0.4, 0.5) is 10.5 Å². The summed E-state index contributed by atoms with van der Waals surface area (Å²) in [4.78, 5) is 26.7.